The fraction of sp³-hybridized carbons (Fsp3) is 0.800. The van der Waals surface area contributed by atoms with Gasteiger partial charge in [-0.25, -0.2) is 0 Å². The predicted octanol–water partition coefficient (Wildman–Crippen LogP) is 1.50. The van der Waals surface area contributed by atoms with E-state index in [9.17, 15) is 9.59 Å². The van der Waals surface area contributed by atoms with Gasteiger partial charge in [0.25, 0.3) is 0 Å². The third-order valence-electron chi connectivity index (χ3n) is 4.03. The molecule has 21 heavy (non-hydrogen) atoms. The van der Waals surface area contributed by atoms with Crippen molar-refractivity contribution in [3.63, 3.8) is 0 Å². The van der Waals surface area contributed by atoms with Gasteiger partial charge in [0.1, 0.15) is 6.10 Å². The lowest BCUT2D eigenvalue weighted by Crippen LogP contribution is -2.35. The zero-order valence-corrected chi connectivity index (χ0v) is 12.7. The van der Waals surface area contributed by atoms with Gasteiger partial charge in [0.2, 0.25) is 11.8 Å². The molecule has 1 unspecified atom stereocenters. The van der Waals surface area contributed by atoms with Crippen molar-refractivity contribution in [2.45, 2.75) is 70.4 Å². The average Bonchev–Trinajstić information content (AvgIpc) is 3.14. The molecule has 0 aromatic carbocycles. The van der Waals surface area contributed by atoms with Crippen molar-refractivity contribution < 1.29 is 14.4 Å². The molecule has 0 radical (unpaired) electrons. The monoisotopic (exact) mass is 295 g/mol. The van der Waals surface area contributed by atoms with E-state index in [1.807, 2.05) is 6.92 Å². The fourth-order valence-corrected chi connectivity index (χ4v) is 2.72. The number of oxime groups is 1. The Balaban J connectivity index is 1.54. The molecule has 0 aromatic rings. The van der Waals surface area contributed by atoms with E-state index >= 15 is 0 Å². The van der Waals surface area contributed by atoms with Crippen LogP contribution in [-0.2, 0) is 14.4 Å². The summed E-state index contributed by atoms with van der Waals surface area (Å²) < 4.78 is 0. The lowest BCUT2D eigenvalue weighted by Gasteiger charge is -2.12. The molecular formula is C15H25N3O3. The smallest absolute Gasteiger partial charge is 0.220 e. The number of nitrogens with zero attached hydrogens (tertiary/aromatic N) is 1. The quantitative estimate of drug-likeness (QED) is 0.747. The summed E-state index contributed by atoms with van der Waals surface area (Å²) in [5.41, 5.74) is 1.03. The van der Waals surface area contributed by atoms with Crippen LogP contribution in [-0.4, -0.2) is 36.2 Å². The van der Waals surface area contributed by atoms with Crippen molar-refractivity contribution in [1.29, 1.82) is 0 Å². The van der Waals surface area contributed by atoms with Gasteiger partial charge in [-0.05, 0) is 19.3 Å². The van der Waals surface area contributed by atoms with Crippen LogP contribution < -0.4 is 10.6 Å². The summed E-state index contributed by atoms with van der Waals surface area (Å²) in [6.07, 6.45) is 6.59. The molecule has 118 valence electrons. The average molecular weight is 295 g/mol. The third-order valence-corrected chi connectivity index (χ3v) is 4.03. The van der Waals surface area contributed by atoms with E-state index in [0.717, 1.165) is 31.4 Å². The first-order valence-electron chi connectivity index (χ1n) is 7.95. The number of nitrogens with one attached hydrogen (secondary N) is 2. The number of hydrogen-bond acceptors (Lipinski definition) is 4. The molecule has 1 atom stereocenters. The first kappa shape index (κ1) is 15.8. The van der Waals surface area contributed by atoms with Crippen LogP contribution in [0.1, 0.15) is 58.3 Å². The van der Waals surface area contributed by atoms with Crippen LogP contribution in [0.5, 0.6) is 0 Å². The van der Waals surface area contributed by atoms with Crippen LogP contribution in [0.4, 0.5) is 0 Å². The Morgan fingerprint density at radius 2 is 1.95 bits per heavy atom. The molecule has 6 nitrogen and oxygen atoms in total. The summed E-state index contributed by atoms with van der Waals surface area (Å²) in [7, 11) is 0. The van der Waals surface area contributed by atoms with E-state index in [1.165, 1.54) is 12.8 Å². The molecule has 0 saturated heterocycles. The van der Waals surface area contributed by atoms with Crippen LogP contribution in [0.15, 0.2) is 5.16 Å². The standard InChI is InChI=1S/C15H25N3O3/c1-2-11-9-13(21-18-11)10-16-14(19)7-8-15(20)17-12-5-3-4-6-12/h12-13H,2-10H2,1H3,(H,16,19)(H,17,20). The van der Waals surface area contributed by atoms with Crippen molar-refractivity contribution >= 4 is 17.5 Å². The Kier molecular flexibility index (Phi) is 6.02. The minimum Gasteiger partial charge on any atom is -0.390 e. The van der Waals surface area contributed by atoms with Crippen molar-refractivity contribution in [3.8, 4) is 0 Å². The van der Waals surface area contributed by atoms with Crippen molar-refractivity contribution in [2.24, 2.45) is 5.16 Å². The normalized spacial score (nSPS) is 21.8. The maximum atomic E-state index is 11.7. The summed E-state index contributed by atoms with van der Waals surface area (Å²) in [6, 6.07) is 0.317. The van der Waals surface area contributed by atoms with E-state index in [2.05, 4.69) is 15.8 Å². The van der Waals surface area contributed by atoms with Gasteiger partial charge in [0.15, 0.2) is 0 Å². The minimum atomic E-state index is -0.106. The fourth-order valence-electron chi connectivity index (χ4n) is 2.72. The lowest BCUT2D eigenvalue weighted by molar-refractivity contribution is -0.127. The highest BCUT2D eigenvalue weighted by molar-refractivity contribution is 5.85. The highest BCUT2D eigenvalue weighted by Crippen LogP contribution is 2.17. The highest BCUT2D eigenvalue weighted by Gasteiger charge is 2.21. The maximum absolute atomic E-state index is 11.7. The molecule has 2 N–H and O–H groups in total. The maximum Gasteiger partial charge on any atom is 0.220 e. The van der Waals surface area contributed by atoms with E-state index < -0.39 is 0 Å². The van der Waals surface area contributed by atoms with E-state index in [-0.39, 0.29) is 30.8 Å². The van der Waals surface area contributed by atoms with Gasteiger partial charge in [-0.1, -0.05) is 24.9 Å². The van der Waals surface area contributed by atoms with Gasteiger partial charge < -0.3 is 15.5 Å². The number of carbonyl (C=O) groups is 2. The summed E-state index contributed by atoms with van der Waals surface area (Å²) in [5, 5.41) is 9.73. The molecule has 1 aliphatic heterocycles. The Morgan fingerprint density at radius 1 is 1.24 bits per heavy atom. The Labute approximate surface area is 125 Å². The summed E-state index contributed by atoms with van der Waals surface area (Å²) in [5.74, 6) is -0.129. The van der Waals surface area contributed by atoms with E-state index in [0.29, 0.717) is 12.6 Å². The predicted molar refractivity (Wildman–Crippen MR) is 79.9 cm³/mol. The third kappa shape index (κ3) is 5.36. The van der Waals surface area contributed by atoms with Crippen LogP contribution in [0.25, 0.3) is 0 Å². The largest absolute Gasteiger partial charge is 0.390 e. The number of amides is 2. The van der Waals surface area contributed by atoms with Gasteiger partial charge in [-0.2, -0.15) is 0 Å². The second-order valence-electron chi connectivity index (χ2n) is 5.80. The van der Waals surface area contributed by atoms with Gasteiger partial charge >= 0.3 is 0 Å². The molecule has 6 heteroatoms. The number of carbonyl (C=O) groups excluding carboxylic acids is 2. The number of rotatable bonds is 7. The molecule has 2 rings (SSSR count). The van der Waals surface area contributed by atoms with Crippen LogP contribution in [0, 0.1) is 0 Å². The molecule has 2 aliphatic rings. The lowest BCUT2D eigenvalue weighted by atomic mass is 10.1. The first-order chi connectivity index (χ1) is 10.2. The van der Waals surface area contributed by atoms with Crippen LogP contribution >= 0.6 is 0 Å². The van der Waals surface area contributed by atoms with Crippen molar-refractivity contribution in [3.05, 3.63) is 0 Å². The summed E-state index contributed by atoms with van der Waals surface area (Å²) in [6.45, 7) is 2.49. The minimum absolute atomic E-state index is 0.0224. The van der Waals surface area contributed by atoms with Gasteiger partial charge in [-0.3, -0.25) is 9.59 Å². The van der Waals surface area contributed by atoms with Crippen LogP contribution in [0.3, 0.4) is 0 Å². The second-order valence-corrected chi connectivity index (χ2v) is 5.80. The zero-order chi connectivity index (χ0) is 15.1. The Bertz CT molecular complexity index is 403. The molecular weight excluding hydrogens is 270 g/mol. The van der Waals surface area contributed by atoms with Gasteiger partial charge in [0, 0.05) is 25.3 Å². The SMILES string of the molecule is CCC1=NOC(CNC(=O)CCC(=O)NC2CCCC2)C1. The van der Waals surface area contributed by atoms with E-state index in [1.54, 1.807) is 0 Å². The van der Waals surface area contributed by atoms with Crippen molar-refractivity contribution in [2.75, 3.05) is 6.54 Å². The topological polar surface area (TPSA) is 79.8 Å². The Hall–Kier alpha value is -1.59. The number of hydrogen-bond donors (Lipinski definition) is 2. The van der Waals surface area contributed by atoms with Gasteiger partial charge in [0.05, 0.1) is 12.3 Å². The molecule has 0 bridgehead atoms. The second kappa shape index (κ2) is 8.00. The molecule has 1 saturated carbocycles. The van der Waals surface area contributed by atoms with E-state index in [4.69, 9.17) is 4.84 Å². The zero-order valence-electron chi connectivity index (χ0n) is 12.7. The molecule has 0 aromatic heterocycles. The Morgan fingerprint density at radius 3 is 2.62 bits per heavy atom. The molecule has 1 fully saturated rings. The molecule has 1 aliphatic carbocycles. The summed E-state index contributed by atoms with van der Waals surface area (Å²) in [4.78, 5) is 28.6. The summed E-state index contributed by atoms with van der Waals surface area (Å²) >= 11 is 0. The molecule has 1 heterocycles. The molecule has 2 amide bonds. The highest BCUT2D eigenvalue weighted by atomic mass is 16.6. The first-order valence-corrected chi connectivity index (χ1v) is 7.95. The van der Waals surface area contributed by atoms with Gasteiger partial charge in [-0.15, -0.1) is 0 Å². The van der Waals surface area contributed by atoms with Crippen molar-refractivity contribution in [1.82, 2.24) is 10.6 Å². The molecule has 0 spiro atoms. The van der Waals surface area contributed by atoms with Crippen LogP contribution in [0.2, 0.25) is 0 Å².